The Bertz CT molecular complexity index is 357. The van der Waals surface area contributed by atoms with Crippen molar-refractivity contribution in [3.05, 3.63) is 0 Å². The Morgan fingerprint density at radius 3 is 1.90 bits per heavy atom. The van der Waals surface area contributed by atoms with Crippen molar-refractivity contribution in [3.63, 3.8) is 0 Å². The van der Waals surface area contributed by atoms with Crippen LogP contribution in [0, 0.1) is 5.92 Å². The highest BCUT2D eigenvalue weighted by Crippen LogP contribution is 2.05. The third-order valence-electron chi connectivity index (χ3n) is 2.55. The lowest BCUT2D eigenvalue weighted by molar-refractivity contribution is -0.143. The van der Waals surface area contributed by atoms with E-state index < -0.39 is 42.5 Å². The number of amides is 2. The number of hydrogen-bond donors (Lipinski definition) is 5. The second-order valence-electron chi connectivity index (χ2n) is 5.06. The largest absolute Gasteiger partial charge is 0.480 e. The van der Waals surface area contributed by atoms with Crippen molar-refractivity contribution in [2.45, 2.75) is 45.3 Å². The maximum Gasteiger partial charge on any atom is 0.328 e. The maximum absolute atomic E-state index is 12.0. The Balaban J connectivity index is 4.80. The van der Waals surface area contributed by atoms with E-state index in [1.807, 2.05) is 13.8 Å². The molecule has 0 aliphatic rings. The van der Waals surface area contributed by atoms with E-state index in [1.54, 1.807) is 0 Å². The van der Waals surface area contributed by atoms with E-state index in [1.165, 1.54) is 6.92 Å². The number of nitrogens with two attached hydrogens (primary N) is 1. The number of carboxylic acids is 1. The number of carbonyl (C=O) groups excluding carboxylic acids is 2. The Hall–Kier alpha value is -1.67. The van der Waals surface area contributed by atoms with Crippen LogP contribution in [0.25, 0.3) is 0 Å². The lowest BCUT2D eigenvalue weighted by Crippen LogP contribution is -2.55. The number of carbonyl (C=O) groups is 3. The van der Waals surface area contributed by atoms with Gasteiger partial charge in [0.15, 0.2) is 0 Å². The van der Waals surface area contributed by atoms with Crippen molar-refractivity contribution in [3.8, 4) is 0 Å². The molecule has 0 aliphatic heterocycles. The number of rotatable bonds is 8. The van der Waals surface area contributed by atoms with E-state index in [4.69, 9.17) is 15.9 Å². The van der Waals surface area contributed by atoms with E-state index in [2.05, 4.69) is 10.6 Å². The van der Waals surface area contributed by atoms with Crippen LogP contribution in [0.15, 0.2) is 0 Å². The topological polar surface area (TPSA) is 142 Å². The molecule has 0 bridgehead atoms. The van der Waals surface area contributed by atoms with Crippen LogP contribution >= 0.6 is 0 Å². The van der Waals surface area contributed by atoms with E-state index in [-0.39, 0.29) is 5.92 Å². The predicted octanol–water partition coefficient (Wildman–Crippen LogP) is -1.57. The summed E-state index contributed by atoms with van der Waals surface area (Å²) < 4.78 is 0. The molecule has 3 unspecified atom stereocenters. The normalized spacial score (nSPS) is 15.3. The average molecular weight is 289 g/mol. The quantitative estimate of drug-likeness (QED) is 0.365. The maximum atomic E-state index is 12.0. The summed E-state index contributed by atoms with van der Waals surface area (Å²) in [5.74, 6) is -2.39. The zero-order valence-electron chi connectivity index (χ0n) is 11.9. The molecular weight excluding hydrogens is 266 g/mol. The Kier molecular flexibility index (Phi) is 7.78. The molecule has 6 N–H and O–H groups in total. The van der Waals surface area contributed by atoms with Crippen LogP contribution in [-0.2, 0) is 14.4 Å². The van der Waals surface area contributed by atoms with Gasteiger partial charge in [0, 0.05) is 0 Å². The molecule has 3 atom stereocenters. The monoisotopic (exact) mass is 289 g/mol. The molecule has 0 heterocycles. The molecule has 0 aromatic rings. The van der Waals surface area contributed by atoms with Gasteiger partial charge >= 0.3 is 5.97 Å². The second-order valence-corrected chi connectivity index (χ2v) is 5.06. The van der Waals surface area contributed by atoms with Gasteiger partial charge in [-0.25, -0.2) is 4.79 Å². The lowest BCUT2D eigenvalue weighted by Gasteiger charge is -2.22. The minimum Gasteiger partial charge on any atom is -0.480 e. The standard InChI is InChI=1S/C12H23N3O5/c1-6(2)4-8(14-10(17)7(3)13)11(18)15-9(5-16)12(19)20/h6-9,16H,4-5,13H2,1-3H3,(H,14,17)(H,15,18)(H,19,20). The van der Waals surface area contributed by atoms with Crippen LogP contribution < -0.4 is 16.4 Å². The first-order valence-electron chi connectivity index (χ1n) is 6.39. The number of carboxylic acid groups (broad SMARTS) is 1. The van der Waals surface area contributed by atoms with Crippen LogP contribution in [0.2, 0.25) is 0 Å². The highest BCUT2D eigenvalue weighted by Gasteiger charge is 2.27. The minimum absolute atomic E-state index is 0.108. The number of aliphatic carboxylic acids is 1. The molecular formula is C12H23N3O5. The second kappa shape index (κ2) is 8.49. The van der Waals surface area contributed by atoms with Crippen molar-refractivity contribution < 1.29 is 24.6 Å². The summed E-state index contributed by atoms with van der Waals surface area (Å²) in [6, 6.07) is -3.06. The molecule has 0 radical (unpaired) electrons. The van der Waals surface area contributed by atoms with Gasteiger partial charge < -0.3 is 26.6 Å². The third-order valence-corrected chi connectivity index (χ3v) is 2.55. The third kappa shape index (κ3) is 6.48. The summed E-state index contributed by atoms with van der Waals surface area (Å²) in [6.07, 6.45) is 0.335. The molecule has 8 heteroatoms. The molecule has 0 aliphatic carbocycles. The molecule has 0 spiro atoms. The summed E-state index contributed by atoms with van der Waals surface area (Å²) in [5, 5.41) is 22.3. The highest BCUT2D eigenvalue weighted by molar-refractivity contribution is 5.91. The van der Waals surface area contributed by atoms with Crippen LogP contribution in [0.5, 0.6) is 0 Å². The molecule has 8 nitrogen and oxygen atoms in total. The molecule has 0 fully saturated rings. The fourth-order valence-corrected chi connectivity index (χ4v) is 1.46. The van der Waals surface area contributed by atoms with Crippen LogP contribution in [0.4, 0.5) is 0 Å². The smallest absolute Gasteiger partial charge is 0.328 e. The van der Waals surface area contributed by atoms with Crippen molar-refractivity contribution in [1.82, 2.24) is 10.6 Å². The fourth-order valence-electron chi connectivity index (χ4n) is 1.46. The molecule has 2 amide bonds. The zero-order chi connectivity index (χ0) is 15.9. The van der Waals surface area contributed by atoms with E-state index >= 15 is 0 Å². The molecule has 0 saturated heterocycles. The average Bonchev–Trinajstić information content (AvgIpc) is 2.33. The molecule has 20 heavy (non-hydrogen) atoms. The van der Waals surface area contributed by atoms with Gasteiger partial charge in [-0.15, -0.1) is 0 Å². The van der Waals surface area contributed by atoms with Gasteiger partial charge in [-0.3, -0.25) is 9.59 Å². The zero-order valence-corrected chi connectivity index (χ0v) is 11.9. The number of hydrogen-bond acceptors (Lipinski definition) is 5. The minimum atomic E-state index is -1.40. The first-order chi connectivity index (χ1) is 9.18. The van der Waals surface area contributed by atoms with Gasteiger partial charge in [0.1, 0.15) is 12.1 Å². The Morgan fingerprint density at radius 2 is 1.55 bits per heavy atom. The lowest BCUT2D eigenvalue weighted by atomic mass is 10.0. The summed E-state index contributed by atoms with van der Waals surface area (Å²) in [7, 11) is 0. The SMILES string of the molecule is CC(C)CC(NC(=O)C(C)N)C(=O)NC(CO)C(=O)O. The fraction of sp³-hybridized carbons (Fsp3) is 0.750. The summed E-state index contributed by atoms with van der Waals surface area (Å²) in [4.78, 5) is 34.3. The Morgan fingerprint density at radius 1 is 1.05 bits per heavy atom. The van der Waals surface area contributed by atoms with Crippen molar-refractivity contribution in [1.29, 1.82) is 0 Å². The first kappa shape index (κ1) is 18.3. The van der Waals surface area contributed by atoms with Crippen molar-refractivity contribution in [2.24, 2.45) is 11.7 Å². The summed E-state index contributed by atoms with van der Waals surface area (Å²) in [5.41, 5.74) is 5.41. The van der Waals surface area contributed by atoms with E-state index in [0.717, 1.165) is 0 Å². The Labute approximate surface area is 117 Å². The summed E-state index contributed by atoms with van der Waals surface area (Å²) in [6.45, 7) is 4.47. The molecule has 0 aromatic carbocycles. The van der Waals surface area contributed by atoms with Crippen LogP contribution in [-0.4, -0.2) is 52.7 Å². The number of aliphatic hydroxyl groups excluding tert-OH is 1. The van der Waals surface area contributed by atoms with Gasteiger partial charge in [-0.2, -0.15) is 0 Å². The van der Waals surface area contributed by atoms with Gasteiger partial charge in [-0.05, 0) is 19.3 Å². The predicted molar refractivity (Wildman–Crippen MR) is 71.7 cm³/mol. The van der Waals surface area contributed by atoms with Gasteiger partial charge in [0.2, 0.25) is 11.8 Å². The number of aliphatic hydroxyl groups is 1. The summed E-state index contributed by atoms with van der Waals surface area (Å²) >= 11 is 0. The van der Waals surface area contributed by atoms with Gasteiger partial charge in [0.05, 0.1) is 12.6 Å². The molecule has 0 saturated carbocycles. The highest BCUT2D eigenvalue weighted by atomic mass is 16.4. The van der Waals surface area contributed by atoms with Crippen molar-refractivity contribution in [2.75, 3.05) is 6.61 Å². The van der Waals surface area contributed by atoms with Crippen molar-refractivity contribution >= 4 is 17.8 Å². The van der Waals surface area contributed by atoms with Gasteiger partial charge in [0.25, 0.3) is 0 Å². The molecule has 116 valence electrons. The van der Waals surface area contributed by atoms with E-state index in [9.17, 15) is 14.4 Å². The number of nitrogens with one attached hydrogen (secondary N) is 2. The first-order valence-corrected chi connectivity index (χ1v) is 6.39. The van der Waals surface area contributed by atoms with Crippen LogP contribution in [0.3, 0.4) is 0 Å². The van der Waals surface area contributed by atoms with Gasteiger partial charge in [-0.1, -0.05) is 13.8 Å². The van der Waals surface area contributed by atoms with E-state index in [0.29, 0.717) is 6.42 Å². The molecule has 0 aromatic heterocycles. The molecule has 0 rings (SSSR count). The van der Waals surface area contributed by atoms with Crippen LogP contribution in [0.1, 0.15) is 27.2 Å².